The number of fused-ring (bicyclic) bond motifs is 1. The Morgan fingerprint density at radius 2 is 1.09 bits per heavy atom. The zero-order valence-corrected chi connectivity index (χ0v) is 39.9. The molecule has 0 aliphatic rings. The molecule has 0 saturated heterocycles. The maximum atomic E-state index is 5.29. The minimum absolute atomic E-state index is 0. The molecule has 0 radical (unpaired) electrons. The third-order valence-corrected chi connectivity index (χ3v) is 9.60. The first-order chi connectivity index (χ1) is 27.3. The molecule has 3 nitrogen and oxygen atoms in total. The SMILES string of the molecule is CCCCCCn1c(-c2c(C)cc(C)cc2C)nc2c([N-]c3cc(C)cc(C(C)(C)C)c3)cccc21.[CH2-]c1ccccc1.[CH2-]c1ccccc1.[CH2-]c1ccccc1.[Hf+4]. The first-order valence-electron chi connectivity index (χ1n) is 20.3. The van der Waals surface area contributed by atoms with E-state index in [1.165, 1.54) is 58.2 Å². The maximum absolute atomic E-state index is 5.29. The summed E-state index contributed by atoms with van der Waals surface area (Å²) in [6.07, 6.45) is 4.91. The van der Waals surface area contributed by atoms with Crippen molar-refractivity contribution in [2.24, 2.45) is 0 Å². The molecule has 58 heavy (non-hydrogen) atoms. The van der Waals surface area contributed by atoms with Crippen LogP contribution in [0.5, 0.6) is 0 Å². The van der Waals surface area contributed by atoms with Crippen molar-refractivity contribution >= 4 is 22.4 Å². The van der Waals surface area contributed by atoms with Crippen LogP contribution in [0.25, 0.3) is 27.7 Å². The van der Waals surface area contributed by atoms with Gasteiger partial charge < -0.3 is 9.88 Å². The first kappa shape index (κ1) is 47.4. The van der Waals surface area contributed by atoms with E-state index < -0.39 is 0 Å². The van der Waals surface area contributed by atoms with Crippen LogP contribution < -0.4 is 0 Å². The number of nitrogens with zero attached hydrogens (tertiary/aromatic N) is 3. The van der Waals surface area contributed by atoms with Crippen molar-refractivity contribution in [2.45, 2.75) is 93.0 Å². The van der Waals surface area contributed by atoms with E-state index in [4.69, 9.17) is 10.3 Å². The van der Waals surface area contributed by atoms with E-state index in [0.717, 1.165) is 52.4 Å². The molecule has 0 bridgehead atoms. The second-order valence-corrected chi connectivity index (χ2v) is 15.9. The van der Waals surface area contributed by atoms with Crippen molar-refractivity contribution in [3.8, 4) is 11.4 Å². The summed E-state index contributed by atoms with van der Waals surface area (Å²) in [5.74, 6) is 1.07. The van der Waals surface area contributed by atoms with E-state index in [-0.39, 0.29) is 31.3 Å². The van der Waals surface area contributed by atoms with Gasteiger partial charge in [0.15, 0.2) is 0 Å². The van der Waals surface area contributed by atoms with E-state index in [2.05, 4.69) is 129 Å². The minimum Gasteiger partial charge on any atom is -0.656 e. The summed E-state index contributed by atoms with van der Waals surface area (Å²) in [4.78, 5) is 5.29. The van der Waals surface area contributed by atoms with Crippen LogP contribution in [-0.2, 0) is 37.8 Å². The van der Waals surface area contributed by atoms with E-state index in [9.17, 15) is 0 Å². The molecule has 1 heterocycles. The smallest absolute Gasteiger partial charge is 0.656 e. The number of aromatic nitrogens is 2. The average molecular weight is 933 g/mol. The fraction of sp³-hybridized carbons (Fsp3) is 0.259. The standard InChI is InChI=1S/C33H42N3.3C7H7.Hf/c1-9-10-11-12-16-36-29-15-13-14-28(34-27-20-23(3)19-26(21-27)33(6,7)8)31(29)35-32(36)30-24(4)17-22(2)18-25(30)5;3*1-7-5-3-2-4-6-7;/h13-15,17-21H,9-12,16H2,1-8H3;3*2-6H,1H2;/q4*-1;+4. The molecule has 0 fully saturated rings. The number of rotatable bonds is 8. The van der Waals surface area contributed by atoms with Crippen LogP contribution in [0.1, 0.15) is 97.9 Å². The van der Waals surface area contributed by atoms with E-state index in [0.29, 0.717) is 0 Å². The van der Waals surface area contributed by atoms with Crippen LogP contribution in [0.4, 0.5) is 11.4 Å². The summed E-state index contributed by atoms with van der Waals surface area (Å²) in [6.45, 7) is 29.9. The Kier molecular flexibility index (Phi) is 19.2. The molecular weight excluding hydrogens is 869 g/mol. The van der Waals surface area contributed by atoms with Gasteiger partial charge in [0, 0.05) is 12.1 Å². The molecule has 0 N–H and O–H groups in total. The molecule has 7 rings (SSSR count). The number of hydrogen-bond donors (Lipinski definition) is 0. The van der Waals surface area contributed by atoms with Gasteiger partial charge in [-0.05, 0) is 62.3 Å². The van der Waals surface area contributed by atoms with Crippen LogP contribution in [0.15, 0.2) is 140 Å². The Labute approximate surface area is 370 Å². The van der Waals surface area contributed by atoms with Gasteiger partial charge in [-0.15, -0.1) is 47.8 Å². The van der Waals surface area contributed by atoms with Gasteiger partial charge in [-0.3, -0.25) is 0 Å². The van der Waals surface area contributed by atoms with Crippen LogP contribution in [0.3, 0.4) is 0 Å². The van der Waals surface area contributed by atoms with Crippen molar-refractivity contribution < 1.29 is 25.8 Å². The monoisotopic (exact) mass is 933 g/mol. The molecule has 1 aromatic heterocycles. The van der Waals surface area contributed by atoms with Gasteiger partial charge in [-0.2, -0.15) is 73.9 Å². The minimum atomic E-state index is 0. The number of aryl methyl sites for hydroxylation is 5. The summed E-state index contributed by atoms with van der Waals surface area (Å²) >= 11 is 0. The average Bonchev–Trinajstić information content (AvgIpc) is 3.53. The molecule has 4 heteroatoms. The van der Waals surface area contributed by atoms with Crippen molar-refractivity contribution in [1.29, 1.82) is 0 Å². The zero-order valence-electron chi connectivity index (χ0n) is 36.3. The molecule has 298 valence electrons. The van der Waals surface area contributed by atoms with Crippen LogP contribution in [0.2, 0.25) is 0 Å². The Bertz CT molecular complexity index is 2140. The summed E-state index contributed by atoms with van der Waals surface area (Å²) in [6, 6.07) is 47.3. The number of unbranched alkanes of at least 4 members (excludes halogenated alkanes) is 3. The van der Waals surface area contributed by atoms with Crippen molar-refractivity contribution in [3.05, 3.63) is 210 Å². The van der Waals surface area contributed by atoms with Crippen LogP contribution >= 0.6 is 0 Å². The number of para-hydroxylation sites is 1. The van der Waals surface area contributed by atoms with E-state index >= 15 is 0 Å². The molecule has 6 aromatic carbocycles. The summed E-state index contributed by atoms with van der Waals surface area (Å²) < 4.78 is 2.44. The number of imidazole rings is 1. The van der Waals surface area contributed by atoms with Crippen molar-refractivity contribution in [2.75, 3.05) is 0 Å². The normalized spacial score (nSPS) is 10.5. The Balaban J connectivity index is 0.000000328. The summed E-state index contributed by atoms with van der Waals surface area (Å²) in [5.41, 5.74) is 15.0. The number of benzene rings is 6. The maximum Gasteiger partial charge on any atom is 4.00 e. The van der Waals surface area contributed by atoms with Crippen molar-refractivity contribution in [1.82, 2.24) is 9.55 Å². The predicted octanol–water partition coefficient (Wildman–Crippen LogP) is 15.8. The molecule has 0 saturated carbocycles. The van der Waals surface area contributed by atoms with Gasteiger partial charge in [0.05, 0.1) is 11.0 Å². The van der Waals surface area contributed by atoms with E-state index in [1.54, 1.807) is 0 Å². The summed E-state index contributed by atoms with van der Waals surface area (Å²) in [7, 11) is 0. The third-order valence-electron chi connectivity index (χ3n) is 9.60. The molecule has 0 aliphatic carbocycles. The van der Waals surface area contributed by atoms with Gasteiger partial charge in [0.25, 0.3) is 0 Å². The van der Waals surface area contributed by atoms with Crippen LogP contribution in [0, 0.1) is 48.5 Å². The summed E-state index contributed by atoms with van der Waals surface area (Å²) in [5, 5.41) is 5.15. The fourth-order valence-corrected chi connectivity index (χ4v) is 6.70. The number of hydrogen-bond acceptors (Lipinski definition) is 1. The largest absolute Gasteiger partial charge is 4.00 e. The Morgan fingerprint density at radius 3 is 1.53 bits per heavy atom. The molecule has 0 unspecified atom stereocenters. The first-order valence-corrected chi connectivity index (χ1v) is 20.3. The van der Waals surface area contributed by atoms with Gasteiger partial charge in [0.1, 0.15) is 5.82 Å². The quantitative estimate of drug-likeness (QED) is 0.0849. The van der Waals surface area contributed by atoms with Gasteiger partial charge >= 0.3 is 25.8 Å². The molecule has 7 aromatic rings. The fourth-order valence-electron chi connectivity index (χ4n) is 6.70. The topological polar surface area (TPSA) is 31.9 Å². The second-order valence-electron chi connectivity index (χ2n) is 15.9. The van der Waals surface area contributed by atoms with Gasteiger partial charge in [0.2, 0.25) is 0 Å². The molecule has 0 spiro atoms. The zero-order chi connectivity index (χ0) is 41.4. The van der Waals surface area contributed by atoms with E-state index in [1.807, 2.05) is 91.0 Å². The Morgan fingerprint density at radius 1 is 0.586 bits per heavy atom. The second kappa shape index (κ2) is 23.5. The molecular formula is C54H63HfN3. The molecule has 0 aliphatic heterocycles. The predicted molar refractivity (Wildman–Crippen MR) is 249 cm³/mol. The molecule has 0 amide bonds. The van der Waals surface area contributed by atoms with Crippen molar-refractivity contribution in [3.63, 3.8) is 0 Å². The third kappa shape index (κ3) is 14.8. The van der Waals surface area contributed by atoms with Crippen LogP contribution in [-0.4, -0.2) is 9.55 Å². The Hall–Kier alpha value is -4.93. The van der Waals surface area contributed by atoms with Gasteiger partial charge in [-0.25, -0.2) is 4.98 Å². The molecule has 0 atom stereocenters. The van der Waals surface area contributed by atoms with Gasteiger partial charge in [-0.1, -0.05) is 119 Å².